The molecule has 0 bridgehead atoms. The van der Waals surface area contributed by atoms with Gasteiger partial charge in [0.05, 0.1) is 5.56 Å². The van der Waals surface area contributed by atoms with Crippen LogP contribution in [0, 0.1) is 23.6 Å². The highest BCUT2D eigenvalue weighted by Gasteiger charge is 2.22. The molecule has 0 aliphatic heterocycles. The summed E-state index contributed by atoms with van der Waals surface area (Å²) in [6.45, 7) is 4.50. The number of fused-ring (bicyclic) bond motifs is 1. The lowest BCUT2D eigenvalue weighted by molar-refractivity contribution is 0.302. The Kier molecular flexibility index (Phi) is 10.0. The van der Waals surface area contributed by atoms with Crippen molar-refractivity contribution in [3.05, 3.63) is 82.7 Å². The molecule has 0 heterocycles. The second-order valence-electron chi connectivity index (χ2n) is 10.9. The minimum absolute atomic E-state index is 0.205. The standard InChI is InChI=1S/C35H43F/c1-3-5-7-9-10-27-12-18-30(19-13-27)31-20-14-28(15-21-31)16-22-32-23-24-33-26-29(11-8-6-4-2)17-25-34(33)35(32)36/h14-15,17,20-21,23-27,30H,3-13,18-19H2,1-2H3. The van der Waals surface area contributed by atoms with Crippen molar-refractivity contribution in [2.24, 2.45) is 5.92 Å². The Morgan fingerprint density at radius 1 is 0.750 bits per heavy atom. The van der Waals surface area contributed by atoms with Crippen LogP contribution in [0.4, 0.5) is 4.39 Å². The van der Waals surface area contributed by atoms with Crippen molar-refractivity contribution in [3.8, 4) is 11.8 Å². The summed E-state index contributed by atoms with van der Waals surface area (Å²) in [4.78, 5) is 0. The van der Waals surface area contributed by atoms with Crippen molar-refractivity contribution >= 4 is 10.8 Å². The van der Waals surface area contributed by atoms with Crippen molar-refractivity contribution in [1.82, 2.24) is 0 Å². The molecule has 0 N–H and O–H groups in total. The zero-order valence-corrected chi connectivity index (χ0v) is 22.4. The van der Waals surface area contributed by atoms with Crippen LogP contribution in [0.3, 0.4) is 0 Å². The first-order chi connectivity index (χ1) is 17.7. The van der Waals surface area contributed by atoms with E-state index in [9.17, 15) is 0 Å². The van der Waals surface area contributed by atoms with Gasteiger partial charge in [0, 0.05) is 10.9 Å². The highest BCUT2D eigenvalue weighted by molar-refractivity contribution is 5.85. The van der Waals surface area contributed by atoms with E-state index in [2.05, 4.69) is 62.1 Å². The van der Waals surface area contributed by atoms with Gasteiger partial charge < -0.3 is 0 Å². The first-order valence-electron chi connectivity index (χ1n) is 14.5. The Morgan fingerprint density at radius 2 is 1.50 bits per heavy atom. The molecule has 1 fully saturated rings. The zero-order valence-electron chi connectivity index (χ0n) is 22.4. The van der Waals surface area contributed by atoms with Crippen LogP contribution in [0.5, 0.6) is 0 Å². The zero-order chi connectivity index (χ0) is 25.2. The summed E-state index contributed by atoms with van der Waals surface area (Å²) in [5.74, 6) is 7.70. The molecule has 0 radical (unpaired) electrons. The van der Waals surface area contributed by atoms with Gasteiger partial charge in [-0.1, -0.05) is 107 Å². The molecule has 0 aromatic heterocycles. The van der Waals surface area contributed by atoms with E-state index in [1.165, 1.54) is 88.2 Å². The molecule has 1 heteroatoms. The van der Waals surface area contributed by atoms with E-state index in [1.54, 1.807) is 0 Å². The second-order valence-corrected chi connectivity index (χ2v) is 10.9. The number of hydrogen-bond donors (Lipinski definition) is 0. The minimum atomic E-state index is -0.205. The Hall–Kier alpha value is -2.59. The molecule has 3 aromatic rings. The number of halogens is 1. The predicted molar refractivity (Wildman–Crippen MR) is 153 cm³/mol. The van der Waals surface area contributed by atoms with Crippen molar-refractivity contribution in [2.75, 3.05) is 0 Å². The largest absolute Gasteiger partial charge is 0.205 e. The fraction of sp³-hybridized carbons (Fsp3) is 0.486. The maximum atomic E-state index is 15.2. The molecular formula is C35H43F. The third-order valence-electron chi connectivity index (χ3n) is 8.12. The number of hydrogen-bond acceptors (Lipinski definition) is 0. The molecule has 1 aliphatic carbocycles. The molecule has 0 atom stereocenters. The summed E-state index contributed by atoms with van der Waals surface area (Å²) >= 11 is 0. The monoisotopic (exact) mass is 482 g/mol. The summed E-state index contributed by atoms with van der Waals surface area (Å²) in [5.41, 5.74) is 4.16. The van der Waals surface area contributed by atoms with Gasteiger partial charge in [0.25, 0.3) is 0 Å². The van der Waals surface area contributed by atoms with E-state index in [0.29, 0.717) is 16.9 Å². The van der Waals surface area contributed by atoms with Crippen LogP contribution in [0.1, 0.15) is 119 Å². The second kappa shape index (κ2) is 13.6. The smallest absolute Gasteiger partial charge is 0.146 e. The van der Waals surface area contributed by atoms with E-state index >= 15 is 4.39 Å². The van der Waals surface area contributed by atoms with Gasteiger partial charge in [-0.2, -0.15) is 0 Å². The summed E-state index contributed by atoms with van der Waals surface area (Å²) in [6.07, 6.45) is 17.0. The molecule has 36 heavy (non-hydrogen) atoms. The molecule has 0 amide bonds. The van der Waals surface area contributed by atoms with Gasteiger partial charge in [0.1, 0.15) is 5.82 Å². The Labute approximate surface area is 218 Å². The van der Waals surface area contributed by atoms with E-state index in [0.717, 1.165) is 23.3 Å². The van der Waals surface area contributed by atoms with Crippen molar-refractivity contribution in [1.29, 1.82) is 0 Å². The first kappa shape index (κ1) is 26.5. The average Bonchev–Trinajstić information content (AvgIpc) is 2.92. The Bertz CT molecular complexity index is 1150. The Balaban J connectivity index is 1.35. The van der Waals surface area contributed by atoms with Gasteiger partial charge in [0.15, 0.2) is 0 Å². The van der Waals surface area contributed by atoms with Crippen molar-refractivity contribution in [3.63, 3.8) is 0 Å². The molecule has 190 valence electrons. The molecule has 4 rings (SSSR count). The number of aryl methyl sites for hydroxylation is 1. The van der Waals surface area contributed by atoms with Gasteiger partial charge in [-0.25, -0.2) is 4.39 Å². The fourth-order valence-corrected chi connectivity index (χ4v) is 5.79. The van der Waals surface area contributed by atoms with Gasteiger partial charge >= 0.3 is 0 Å². The lowest BCUT2D eigenvalue weighted by atomic mass is 9.77. The van der Waals surface area contributed by atoms with Crippen LogP contribution < -0.4 is 0 Å². The summed E-state index contributed by atoms with van der Waals surface area (Å²) in [6, 6.07) is 18.7. The number of unbranched alkanes of at least 4 members (excludes halogenated alkanes) is 5. The maximum Gasteiger partial charge on any atom is 0.146 e. The van der Waals surface area contributed by atoms with E-state index in [4.69, 9.17) is 0 Å². The topological polar surface area (TPSA) is 0 Å². The SMILES string of the molecule is CCCCCCC1CCC(c2ccc(C#Cc3ccc4cc(CCCCC)ccc4c3F)cc2)CC1. The molecule has 3 aromatic carbocycles. The highest BCUT2D eigenvalue weighted by Crippen LogP contribution is 2.37. The third-order valence-corrected chi connectivity index (χ3v) is 8.12. The molecule has 0 nitrogen and oxygen atoms in total. The van der Waals surface area contributed by atoms with Crippen LogP contribution in [0.15, 0.2) is 54.6 Å². The number of benzene rings is 3. The number of rotatable bonds is 10. The molecule has 1 aliphatic rings. The first-order valence-corrected chi connectivity index (χ1v) is 14.5. The van der Waals surface area contributed by atoms with Crippen LogP contribution in [0.25, 0.3) is 10.8 Å². The summed E-state index contributed by atoms with van der Waals surface area (Å²) in [5, 5.41) is 1.63. The van der Waals surface area contributed by atoms with Crippen LogP contribution in [-0.2, 0) is 6.42 Å². The quantitative estimate of drug-likeness (QED) is 0.199. The van der Waals surface area contributed by atoms with E-state index in [1.807, 2.05) is 18.2 Å². The van der Waals surface area contributed by atoms with E-state index in [-0.39, 0.29) is 5.82 Å². The van der Waals surface area contributed by atoms with Crippen LogP contribution in [0.2, 0.25) is 0 Å². The third kappa shape index (κ3) is 7.22. The van der Waals surface area contributed by atoms with Crippen LogP contribution in [-0.4, -0.2) is 0 Å². The van der Waals surface area contributed by atoms with Crippen molar-refractivity contribution in [2.45, 2.75) is 103 Å². The van der Waals surface area contributed by atoms with Gasteiger partial charge in [-0.05, 0) is 85.1 Å². The molecule has 1 saturated carbocycles. The summed E-state index contributed by atoms with van der Waals surface area (Å²) in [7, 11) is 0. The normalized spacial score (nSPS) is 17.6. The van der Waals surface area contributed by atoms with Crippen molar-refractivity contribution < 1.29 is 4.39 Å². The minimum Gasteiger partial charge on any atom is -0.205 e. The molecular weight excluding hydrogens is 439 g/mol. The average molecular weight is 483 g/mol. The van der Waals surface area contributed by atoms with E-state index < -0.39 is 0 Å². The molecule has 0 saturated heterocycles. The van der Waals surface area contributed by atoms with Gasteiger partial charge in [-0.15, -0.1) is 0 Å². The maximum absolute atomic E-state index is 15.2. The van der Waals surface area contributed by atoms with Gasteiger partial charge in [0.2, 0.25) is 0 Å². The highest BCUT2D eigenvalue weighted by atomic mass is 19.1. The van der Waals surface area contributed by atoms with Crippen LogP contribution >= 0.6 is 0 Å². The fourth-order valence-electron chi connectivity index (χ4n) is 5.79. The molecule has 0 unspecified atom stereocenters. The Morgan fingerprint density at radius 3 is 2.25 bits per heavy atom. The lowest BCUT2D eigenvalue weighted by Crippen LogP contribution is -2.13. The van der Waals surface area contributed by atoms with Gasteiger partial charge in [-0.3, -0.25) is 0 Å². The summed E-state index contributed by atoms with van der Waals surface area (Å²) < 4.78 is 15.2. The lowest BCUT2D eigenvalue weighted by Gasteiger charge is -2.29. The molecule has 0 spiro atoms. The predicted octanol–water partition coefficient (Wildman–Crippen LogP) is 10.4.